The average molecular weight is 541 g/mol. The van der Waals surface area contributed by atoms with E-state index in [0.717, 1.165) is 22.5 Å². The third-order valence-electron chi connectivity index (χ3n) is 8.16. The molecular weight excluding hydrogens is 512 g/mol. The van der Waals surface area contributed by atoms with Crippen molar-refractivity contribution in [2.45, 2.75) is 6.17 Å². The minimum atomic E-state index is -0.429. The van der Waals surface area contributed by atoms with Crippen LogP contribution in [0.25, 0.3) is 55.0 Å². The molecule has 2 N–H and O–H groups in total. The molecule has 2 heterocycles. The van der Waals surface area contributed by atoms with E-state index in [0.29, 0.717) is 0 Å². The minimum Gasteiger partial charge on any atom is -0.309 e. The zero-order valence-electron chi connectivity index (χ0n) is 22.9. The molecule has 1 unspecified atom stereocenters. The summed E-state index contributed by atoms with van der Waals surface area (Å²) in [6.45, 7) is 0. The molecule has 200 valence electrons. The Labute approximate surface area is 243 Å². The summed E-state index contributed by atoms with van der Waals surface area (Å²) in [5, 5.41) is 4.94. The van der Waals surface area contributed by atoms with Gasteiger partial charge in [0.2, 0.25) is 0 Å². The maximum absolute atomic E-state index is 6.45. The van der Waals surface area contributed by atoms with Crippen LogP contribution in [0.3, 0.4) is 0 Å². The SMILES string of the molecule is NC(N=Cc1ccccc1)c1ccc(-n2c3ccccc3c3cc4c(cc32)c2ccccc2n4-c2ccccc2)cc1. The second-order valence-electron chi connectivity index (χ2n) is 10.7. The second-order valence-corrected chi connectivity index (χ2v) is 10.7. The zero-order chi connectivity index (χ0) is 28.0. The van der Waals surface area contributed by atoms with E-state index in [2.05, 4.69) is 129 Å². The summed E-state index contributed by atoms with van der Waals surface area (Å²) in [6.07, 6.45) is 1.41. The summed E-state index contributed by atoms with van der Waals surface area (Å²) < 4.78 is 4.74. The molecule has 0 aliphatic carbocycles. The molecule has 0 radical (unpaired) electrons. The van der Waals surface area contributed by atoms with Crippen LogP contribution < -0.4 is 5.73 Å². The maximum Gasteiger partial charge on any atom is 0.123 e. The number of nitrogens with zero attached hydrogens (tertiary/aromatic N) is 3. The van der Waals surface area contributed by atoms with Crippen LogP contribution >= 0.6 is 0 Å². The number of benzene rings is 6. The molecule has 6 aromatic carbocycles. The third-order valence-corrected chi connectivity index (χ3v) is 8.16. The quantitative estimate of drug-likeness (QED) is 0.218. The third kappa shape index (κ3) is 3.92. The van der Waals surface area contributed by atoms with Crippen molar-refractivity contribution in [3.8, 4) is 11.4 Å². The summed E-state index contributed by atoms with van der Waals surface area (Å²) in [7, 11) is 0. The van der Waals surface area contributed by atoms with Crippen molar-refractivity contribution in [3.63, 3.8) is 0 Å². The van der Waals surface area contributed by atoms with Crippen LogP contribution in [0.15, 0.2) is 151 Å². The molecule has 2 aromatic heterocycles. The summed E-state index contributed by atoms with van der Waals surface area (Å²) in [5.41, 5.74) is 15.5. The molecule has 8 rings (SSSR count). The van der Waals surface area contributed by atoms with Crippen LogP contribution in [0.2, 0.25) is 0 Å². The van der Waals surface area contributed by atoms with Crippen molar-refractivity contribution in [1.82, 2.24) is 9.13 Å². The van der Waals surface area contributed by atoms with Crippen molar-refractivity contribution in [3.05, 3.63) is 157 Å². The molecule has 0 spiro atoms. The highest BCUT2D eigenvalue weighted by Gasteiger charge is 2.18. The molecule has 0 bridgehead atoms. The first-order valence-corrected chi connectivity index (χ1v) is 14.2. The van der Waals surface area contributed by atoms with Crippen LogP contribution in [0, 0.1) is 0 Å². The number of aliphatic imine (C=N–C) groups is 1. The molecule has 0 saturated heterocycles. The van der Waals surface area contributed by atoms with Gasteiger partial charge in [0.15, 0.2) is 0 Å². The van der Waals surface area contributed by atoms with Crippen molar-refractivity contribution >= 4 is 49.8 Å². The molecule has 0 amide bonds. The molecule has 8 aromatic rings. The lowest BCUT2D eigenvalue weighted by molar-refractivity contribution is 0.780. The van der Waals surface area contributed by atoms with E-state index in [1.54, 1.807) is 0 Å². The van der Waals surface area contributed by atoms with E-state index in [1.807, 2.05) is 36.5 Å². The summed E-state index contributed by atoms with van der Waals surface area (Å²) in [5.74, 6) is 0. The van der Waals surface area contributed by atoms with Gasteiger partial charge in [-0.3, -0.25) is 4.99 Å². The standard InChI is InChI=1S/C38H28N4/c39-38(40-25-26-11-3-1-4-12-26)27-19-21-29(22-20-27)42-35-18-10-8-16-31(35)33-23-36-32(24-37(33)42)30-15-7-9-17-34(30)41(36)28-13-5-2-6-14-28/h1-25,38H,39H2. The van der Waals surface area contributed by atoms with Crippen LogP contribution in [0.4, 0.5) is 0 Å². The van der Waals surface area contributed by atoms with Gasteiger partial charge in [-0.15, -0.1) is 0 Å². The summed E-state index contributed by atoms with van der Waals surface area (Å²) in [6, 6.07) is 51.2. The number of aromatic nitrogens is 2. The second kappa shape index (κ2) is 9.88. The first-order valence-electron chi connectivity index (χ1n) is 14.2. The normalized spacial score (nSPS) is 12.7. The Kier molecular flexibility index (Phi) is 5.73. The van der Waals surface area contributed by atoms with Crippen LogP contribution in [-0.2, 0) is 0 Å². The number of hydrogen-bond donors (Lipinski definition) is 1. The monoisotopic (exact) mass is 540 g/mol. The van der Waals surface area contributed by atoms with Gasteiger partial charge in [0.05, 0.1) is 22.1 Å². The van der Waals surface area contributed by atoms with E-state index in [-0.39, 0.29) is 0 Å². The fourth-order valence-corrected chi connectivity index (χ4v) is 6.18. The fraction of sp³-hybridized carbons (Fsp3) is 0.0263. The van der Waals surface area contributed by atoms with E-state index < -0.39 is 6.17 Å². The Balaban J connectivity index is 1.31. The van der Waals surface area contributed by atoms with Crippen LogP contribution in [-0.4, -0.2) is 15.3 Å². The first-order chi connectivity index (χ1) is 20.8. The Hall–Kier alpha value is -5.45. The topological polar surface area (TPSA) is 48.2 Å². The minimum absolute atomic E-state index is 0.429. The Morgan fingerprint density at radius 3 is 1.52 bits per heavy atom. The average Bonchev–Trinajstić information content (AvgIpc) is 3.55. The lowest BCUT2D eigenvalue weighted by Crippen LogP contribution is -2.08. The van der Waals surface area contributed by atoms with E-state index in [4.69, 9.17) is 5.73 Å². The zero-order valence-corrected chi connectivity index (χ0v) is 22.9. The first kappa shape index (κ1) is 24.4. The smallest absolute Gasteiger partial charge is 0.123 e. The van der Waals surface area contributed by atoms with Crippen molar-refractivity contribution in [2.24, 2.45) is 10.7 Å². The van der Waals surface area contributed by atoms with Gasteiger partial charge in [0, 0.05) is 39.1 Å². The lowest BCUT2D eigenvalue weighted by Gasteiger charge is -2.11. The van der Waals surface area contributed by atoms with E-state index in [9.17, 15) is 0 Å². The maximum atomic E-state index is 6.45. The number of rotatable bonds is 5. The highest BCUT2D eigenvalue weighted by Crippen LogP contribution is 2.39. The van der Waals surface area contributed by atoms with E-state index in [1.165, 1.54) is 43.6 Å². The Bertz CT molecular complexity index is 2240. The van der Waals surface area contributed by atoms with Gasteiger partial charge < -0.3 is 14.9 Å². The largest absolute Gasteiger partial charge is 0.309 e. The molecular formula is C38H28N4. The molecule has 0 saturated carbocycles. The van der Waals surface area contributed by atoms with Gasteiger partial charge in [-0.2, -0.15) is 0 Å². The molecule has 1 atom stereocenters. The van der Waals surface area contributed by atoms with Gasteiger partial charge in [-0.1, -0.05) is 97.1 Å². The molecule has 4 nitrogen and oxygen atoms in total. The molecule has 0 fully saturated rings. The molecule has 0 aliphatic rings. The fourth-order valence-electron chi connectivity index (χ4n) is 6.18. The highest BCUT2D eigenvalue weighted by molar-refractivity contribution is 6.19. The van der Waals surface area contributed by atoms with Gasteiger partial charge in [-0.25, -0.2) is 0 Å². The number of nitrogens with two attached hydrogens (primary N) is 1. The van der Waals surface area contributed by atoms with Gasteiger partial charge in [-0.05, 0) is 59.7 Å². The van der Waals surface area contributed by atoms with Crippen LogP contribution in [0.5, 0.6) is 0 Å². The van der Waals surface area contributed by atoms with Crippen LogP contribution in [0.1, 0.15) is 17.3 Å². The number of para-hydroxylation sites is 3. The van der Waals surface area contributed by atoms with Gasteiger partial charge in [0.1, 0.15) is 6.17 Å². The van der Waals surface area contributed by atoms with Crippen molar-refractivity contribution in [2.75, 3.05) is 0 Å². The predicted octanol–water partition coefficient (Wildman–Crippen LogP) is 8.96. The molecule has 42 heavy (non-hydrogen) atoms. The Morgan fingerprint density at radius 1 is 0.476 bits per heavy atom. The predicted molar refractivity (Wildman–Crippen MR) is 176 cm³/mol. The highest BCUT2D eigenvalue weighted by atomic mass is 15.0. The number of hydrogen-bond acceptors (Lipinski definition) is 2. The van der Waals surface area contributed by atoms with E-state index >= 15 is 0 Å². The van der Waals surface area contributed by atoms with Crippen molar-refractivity contribution < 1.29 is 0 Å². The summed E-state index contributed by atoms with van der Waals surface area (Å²) >= 11 is 0. The van der Waals surface area contributed by atoms with Gasteiger partial charge >= 0.3 is 0 Å². The number of fused-ring (bicyclic) bond motifs is 6. The Morgan fingerprint density at radius 2 is 0.952 bits per heavy atom. The lowest BCUT2D eigenvalue weighted by atomic mass is 10.1. The summed E-state index contributed by atoms with van der Waals surface area (Å²) in [4.78, 5) is 4.59. The van der Waals surface area contributed by atoms with Crippen molar-refractivity contribution in [1.29, 1.82) is 0 Å². The molecule has 0 aliphatic heterocycles. The van der Waals surface area contributed by atoms with Gasteiger partial charge in [0.25, 0.3) is 0 Å². The molecule has 4 heteroatoms.